The summed E-state index contributed by atoms with van der Waals surface area (Å²) in [5, 5.41) is 0. The van der Waals surface area contributed by atoms with Crippen molar-refractivity contribution in [2.24, 2.45) is 0 Å². The second kappa shape index (κ2) is 3.74. The van der Waals surface area contributed by atoms with Crippen LogP contribution in [0.2, 0.25) is 0 Å². The maximum absolute atomic E-state index is 4.47. The molecule has 0 aromatic carbocycles. The fourth-order valence-corrected chi connectivity index (χ4v) is 2.47. The van der Waals surface area contributed by atoms with E-state index >= 15 is 0 Å². The first-order valence-corrected chi connectivity index (χ1v) is 5.56. The van der Waals surface area contributed by atoms with E-state index in [9.17, 15) is 0 Å². The van der Waals surface area contributed by atoms with Crippen LogP contribution in [0.3, 0.4) is 0 Å². The Morgan fingerprint density at radius 1 is 1.31 bits per heavy atom. The van der Waals surface area contributed by atoms with E-state index in [4.69, 9.17) is 0 Å². The molecule has 1 aliphatic rings. The highest BCUT2D eigenvalue weighted by Gasteiger charge is 2.18. The number of hydrogen-bond donors (Lipinski definition) is 0. The smallest absolute Gasteiger partial charge is 0.126 e. The fraction of sp³-hybridized carbons (Fsp3) is 0.600. The largest absolute Gasteiger partial charge is 0.238 e. The van der Waals surface area contributed by atoms with E-state index in [1.807, 2.05) is 6.92 Å². The van der Waals surface area contributed by atoms with Crippen molar-refractivity contribution >= 4 is 15.9 Å². The standard InChI is InChI=1S/C10H13BrN2/c1-7-12-9(6-10(11)13-7)8-4-2-3-5-8/h6,8H,2-5H2,1H3. The first-order chi connectivity index (χ1) is 6.25. The summed E-state index contributed by atoms with van der Waals surface area (Å²) in [6.45, 7) is 1.95. The van der Waals surface area contributed by atoms with E-state index in [0.29, 0.717) is 5.92 Å². The number of rotatable bonds is 1. The van der Waals surface area contributed by atoms with Gasteiger partial charge in [0.15, 0.2) is 0 Å². The van der Waals surface area contributed by atoms with Crippen LogP contribution in [-0.4, -0.2) is 9.97 Å². The van der Waals surface area contributed by atoms with Crippen molar-refractivity contribution in [2.75, 3.05) is 0 Å². The molecule has 2 nitrogen and oxygen atoms in total. The van der Waals surface area contributed by atoms with Gasteiger partial charge in [-0.1, -0.05) is 12.8 Å². The van der Waals surface area contributed by atoms with Crippen LogP contribution in [0.4, 0.5) is 0 Å². The van der Waals surface area contributed by atoms with Crippen LogP contribution >= 0.6 is 15.9 Å². The summed E-state index contributed by atoms with van der Waals surface area (Å²) < 4.78 is 0.918. The SMILES string of the molecule is Cc1nc(Br)cc(C2CCCC2)n1. The average Bonchev–Trinajstić information content (AvgIpc) is 2.53. The summed E-state index contributed by atoms with van der Waals surface area (Å²) in [5.74, 6) is 1.55. The Bertz CT molecular complexity index is 286. The normalized spacial score (nSPS) is 18.0. The van der Waals surface area contributed by atoms with E-state index in [-0.39, 0.29) is 0 Å². The zero-order valence-electron chi connectivity index (χ0n) is 7.76. The summed E-state index contributed by atoms with van der Waals surface area (Å²) >= 11 is 3.41. The predicted octanol–water partition coefficient (Wildman–Crippen LogP) is 3.21. The number of aryl methyl sites for hydroxylation is 1. The van der Waals surface area contributed by atoms with Gasteiger partial charge in [0.1, 0.15) is 10.4 Å². The molecule has 13 heavy (non-hydrogen) atoms. The molecule has 2 rings (SSSR count). The minimum absolute atomic E-state index is 0.679. The molecule has 3 heteroatoms. The van der Waals surface area contributed by atoms with Gasteiger partial charge in [-0.3, -0.25) is 0 Å². The van der Waals surface area contributed by atoms with Gasteiger partial charge >= 0.3 is 0 Å². The number of halogens is 1. The van der Waals surface area contributed by atoms with Gasteiger partial charge < -0.3 is 0 Å². The van der Waals surface area contributed by atoms with Gasteiger partial charge in [-0.2, -0.15) is 0 Å². The first-order valence-electron chi connectivity index (χ1n) is 4.77. The maximum Gasteiger partial charge on any atom is 0.126 e. The van der Waals surface area contributed by atoms with Gasteiger partial charge in [-0.15, -0.1) is 0 Å². The van der Waals surface area contributed by atoms with Crippen molar-refractivity contribution in [1.29, 1.82) is 0 Å². The zero-order valence-corrected chi connectivity index (χ0v) is 9.34. The quantitative estimate of drug-likeness (QED) is 0.705. The number of nitrogens with zero attached hydrogens (tertiary/aromatic N) is 2. The van der Waals surface area contributed by atoms with Gasteiger partial charge in [-0.25, -0.2) is 9.97 Å². The Balaban J connectivity index is 2.28. The van der Waals surface area contributed by atoms with Crippen LogP contribution in [0.5, 0.6) is 0 Å². The van der Waals surface area contributed by atoms with E-state index in [2.05, 4.69) is 32.0 Å². The third-order valence-corrected chi connectivity index (χ3v) is 3.01. The Morgan fingerprint density at radius 2 is 2.00 bits per heavy atom. The topological polar surface area (TPSA) is 25.8 Å². The summed E-state index contributed by atoms with van der Waals surface area (Å²) in [6, 6.07) is 2.06. The van der Waals surface area contributed by atoms with Gasteiger partial charge in [-0.05, 0) is 41.8 Å². The summed E-state index contributed by atoms with van der Waals surface area (Å²) in [6.07, 6.45) is 5.29. The Morgan fingerprint density at radius 3 is 2.62 bits per heavy atom. The molecule has 0 bridgehead atoms. The highest BCUT2D eigenvalue weighted by Crippen LogP contribution is 2.33. The third-order valence-electron chi connectivity index (χ3n) is 2.60. The molecule has 0 radical (unpaired) electrons. The van der Waals surface area contributed by atoms with Crippen molar-refractivity contribution < 1.29 is 0 Å². The van der Waals surface area contributed by atoms with Crippen molar-refractivity contribution in [1.82, 2.24) is 9.97 Å². The van der Waals surface area contributed by atoms with E-state index in [1.54, 1.807) is 0 Å². The monoisotopic (exact) mass is 240 g/mol. The van der Waals surface area contributed by atoms with Gasteiger partial charge in [0.25, 0.3) is 0 Å². The Hall–Kier alpha value is -0.440. The lowest BCUT2D eigenvalue weighted by molar-refractivity contribution is 0.687. The second-order valence-electron chi connectivity index (χ2n) is 3.64. The third kappa shape index (κ3) is 2.08. The summed E-state index contributed by atoms with van der Waals surface area (Å²) in [7, 11) is 0. The van der Waals surface area contributed by atoms with Crippen LogP contribution in [0, 0.1) is 6.92 Å². The average molecular weight is 241 g/mol. The lowest BCUT2D eigenvalue weighted by Crippen LogP contribution is -2.00. The molecule has 0 amide bonds. The lowest BCUT2D eigenvalue weighted by Gasteiger charge is -2.08. The molecule has 1 saturated carbocycles. The molecule has 70 valence electrons. The van der Waals surface area contributed by atoms with E-state index in [0.717, 1.165) is 10.4 Å². The molecule has 0 unspecified atom stereocenters. The predicted molar refractivity (Wildman–Crippen MR) is 55.7 cm³/mol. The molecule has 0 atom stereocenters. The van der Waals surface area contributed by atoms with Gasteiger partial charge in [0.05, 0.1) is 0 Å². The molecule has 0 aliphatic heterocycles. The molecule has 0 saturated heterocycles. The minimum atomic E-state index is 0.679. The number of aromatic nitrogens is 2. The zero-order chi connectivity index (χ0) is 9.26. The maximum atomic E-state index is 4.47. The fourth-order valence-electron chi connectivity index (χ4n) is 1.98. The van der Waals surface area contributed by atoms with Crippen LogP contribution in [0.1, 0.15) is 43.1 Å². The molecule has 1 fully saturated rings. The van der Waals surface area contributed by atoms with E-state index < -0.39 is 0 Å². The highest BCUT2D eigenvalue weighted by molar-refractivity contribution is 9.10. The summed E-state index contributed by atoms with van der Waals surface area (Å²) in [5.41, 5.74) is 1.22. The van der Waals surface area contributed by atoms with Crippen LogP contribution < -0.4 is 0 Å². The molecule has 0 spiro atoms. The van der Waals surface area contributed by atoms with Crippen molar-refractivity contribution in [3.05, 3.63) is 22.2 Å². The number of hydrogen-bond acceptors (Lipinski definition) is 2. The lowest BCUT2D eigenvalue weighted by atomic mass is 10.0. The molecule has 1 aliphatic carbocycles. The second-order valence-corrected chi connectivity index (χ2v) is 4.46. The minimum Gasteiger partial charge on any atom is -0.238 e. The van der Waals surface area contributed by atoms with Crippen LogP contribution in [-0.2, 0) is 0 Å². The molecule has 1 aromatic heterocycles. The summed E-state index contributed by atoms with van der Waals surface area (Å²) in [4.78, 5) is 8.69. The molecular formula is C10H13BrN2. The van der Waals surface area contributed by atoms with Crippen molar-refractivity contribution in [2.45, 2.75) is 38.5 Å². The van der Waals surface area contributed by atoms with Crippen LogP contribution in [0.25, 0.3) is 0 Å². The van der Waals surface area contributed by atoms with Crippen molar-refractivity contribution in [3.63, 3.8) is 0 Å². The molecule has 0 N–H and O–H groups in total. The highest BCUT2D eigenvalue weighted by atomic mass is 79.9. The van der Waals surface area contributed by atoms with Gasteiger partial charge in [0, 0.05) is 11.6 Å². The Kier molecular flexibility index (Phi) is 2.63. The van der Waals surface area contributed by atoms with Crippen LogP contribution in [0.15, 0.2) is 10.7 Å². The molecular weight excluding hydrogens is 228 g/mol. The molecule has 1 heterocycles. The van der Waals surface area contributed by atoms with Crippen molar-refractivity contribution in [3.8, 4) is 0 Å². The van der Waals surface area contributed by atoms with E-state index in [1.165, 1.54) is 31.4 Å². The Labute approximate surface area is 86.9 Å². The molecule has 1 aromatic rings. The van der Waals surface area contributed by atoms with Gasteiger partial charge in [0.2, 0.25) is 0 Å². The first kappa shape index (κ1) is 9.13.